The van der Waals surface area contributed by atoms with E-state index >= 15 is 0 Å². The summed E-state index contributed by atoms with van der Waals surface area (Å²) < 4.78 is 2.05. The summed E-state index contributed by atoms with van der Waals surface area (Å²) in [5.41, 5.74) is 2.37. The van der Waals surface area contributed by atoms with Crippen LogP contribution in [-0.4, -0.2) is 20.9 Å². The van der Waals surface area contributed by atoms with Crippen molar-refractivity contribution in [1.82, 2.24) is 19.7 Å². The van der Waals surface area contributed by atoms with Crippen molar-refractivity contribution in [3.05, 3.63) is 29.8 Å². The van der Waals surface area contributed by atoms with E-state index in [0.717, 1.165) is 18.0 Å². The van der Waals surface area contributed by atoms with Gasteiger partial charge in [-0.2, -0.15) is 0 Å². The molecule has 2 aromatic rings. The summed E-state index contributed by atoms with van der Waals surface area (Å²) in [6, 6.07) is 0.469. The SMILES string of the molecule is CC(C)c1cn2cc(C3CCCN3)cnc2n1. The maximum Gasteiger partial charge on any atom is 0.233 e. The van der Waals surface area contributed by atoms with E-state index in [1.807, 2.05) is 10.6 Å². The number of nitrogens with one attached hydrogen (secondary N) is 1. The van der Waals surface area contributed by atoms with Gasteiger partial charge >= 0.3 is 0 Å². The molecule has 0 radical (unpaired) electrons. The van der Waals surface area contributed by atoms with E-state index in [2.05, 4.69) is 41.5 Å². The Morgan fingerprint density at radius 2 is 2.29 bits per heavy atom. The Morgan fingerprint density at radius 1 is 1.41 bits per heavy atom. The van der Waals surface area contributed by atoms with E-state index in [-0.39, 0.29) is 0 Å². The van der Waals surface area contributed by atoms with Crippen molar-refractivity contribution in [2.45, 2.75) is 38.6 Å². The minimum absolute atomic E-state index is 0.449. The molecule has 0 spiro atoms. The first-order valence-corrected chi connectivity index (χ1v) is 6.32. The highest BCUT2D eigenvalue weighted by molar-refractivity contribution is 5.33. The van der Waals surface area contributed by atoms with Crippen molar-refractivity contribution in [2.75, 3.05) is 6.54 Å². The van der Waals surface area contributed by atoms with Crippen LogP contribution >= 0.6 is 0 Å². The van der Waals surface area contributed by atoms with Gasteiger partial charge in [0.05, 0.1) is 5.69 Å². The first-order valence-electron chi connectivity index (χ1n) is 6.32. The van der Waals surface area contributed by atoms with Gasteiger partial charge in [0, 0.05) is 30.2 Å². The Hall–Kier alpha value is -1.42. The average molecular weight is 230 g/mol. The quantitative estimate of drug-likeness (QED) is 0.860. The molecule has 3 rings (SSSR count). The molecule has 1 aliphatic heterocycles. The fourth-order valence-corrected chi connectivity index (χ4v) is 2.35. The molecule has 1 atom stereocenters. The van der Waals surface area contributed by atoms with Gasteiger partial charge < -0.3 is 5.32 Å². The molecular weight excluding hydrogens is 212 g/mol. The number of hydrogen-bond donors (Lipinski definition) is 1. The summed E-state index contributed by atoms with van der Waals surface area (Å²) >= 11 is 0. The van der Waals surface area contributed by atoms with Crippen LogP contribution in [0.1, 0.15) is 49.9 Å². The van der Waals surface area contributed by atoms with Crippen molar-refractivity contribution in [2.24, 2.45) is 0 Å². The molecule has 2 aromatic heterocycles. The normalized spacial score (nSPS) is 20.5. The maximum absolute atomic E-state index is 4.51. The van der Waals surface area contributed by atoms with Crippen LogP contribution in [0.4, 0.5) is 0 Å². The zero-order chi connectivity index (χ0) is 11.8. The topological polar surface area (TPSA) is 42.2 Å². The predicted octanol–water partition coefficient (Wildman–Crippen LogP) is 2.28. The summed E-state index contributed by atoms with van der Waals surface area (Å²) in [6.45, 7) is 5.42. The third-order valence-corrected chi connectivity index (χ3v) is 3.40. The number of fused-ring (bicyclic) bond motifs is 1. The monoisotopic (exact) mass is 230 g/mol. The zero-order valence-electron chi connectivity index (χ0n) is 10.3. The fourth-order valence-electron chi connectivity index (χ4n) is 2.35. The highest BCUT2D eigenvalue weighted by Gasteiger charge is 2.17. The maximum atomic E-state index is 4.51. The van der Waals surface area contributed by atoms with Crippen molar-refractivity contribution >= 4 is 5.78 Å². The molecule has 0 amide bonds. The summed E-state index contributed by atoms with van der Waals surface area (Å²) in [5, 5.41) is 3.49. The van der Waals surface area contributed by atoms with Crippen LogP contribution in [0, 0.1) is 0 Å². The van der Waals surface area contributed by atoms with Crippen LogP contribution in [0.15, 0.2) is 18.6 Å². The van der Waals surface area contributed by atoms with E-state index in [4.69, 9.17) is 0 Å². The van der Waals surface area contributed by atoms with Gasteiger partial charge in [0.15, 0.2) is 0 Å². The van der Waals surface area contributed by atoms with Crippen LogP contribution in [-0.2, 0) is 0 Å². The third kappa shape index (κ3) is 1.93. The average Bonchev–Trinajstić information content (AvgIpc) is 2.97. The lowest BCUT2D eigenvalue weighted by Crippen LogP contribution is -2.13. The number of rotatable bonds is 2. The minimum atomic E-state index is 0.449. The Kier molecular flexibility index (Phi) is 2.59. The molecule has 4 nitrogen and oxygen atoms in total. The fraction of sp³-hybridized carbons (Fsp3) is 0.538. The van der Waals surface area contributed by atoms with E-state index in [9.17, 15) is 0 Å². The lowest BCUT2D eigenvalue weighted by molar-refractivity contribution is 0.640. The molecule has 0 aliphatic carbocycles. The molecule has 90 valence electrons. The van der Waals surface area contributed by atoms with E-state index < -0.39 is 0 Å². The standard InChI is InChI=1S/C13H18N4/c1-9(2)12-8-17-7-10(6-15-13(17)16-12)11-4-3-5-14-11/h6-9,11,14H,3-5H2,1-2H3. The van der Waals surface area contributed by atoms with E-state index in [0.29, 0.717) is 12.0 Å². The Bertz CT molecular complexity index is 523. The molecule has 1 saturated heterocycles. The minimum Gasteiger partial charge on any atom is -0.310 e. The van der Waals surface area contributed by atoms with Crippen molar-refractivity contribution < 1.29 is 0 Å². The predicted molar refractivity (Wildman–Crippen MR) is 67.1 cm³/mol. The molecule has 1 aliphatic rings. The number of aromatic nitrogens is 3. The van der Waals surface area contributed by atoms with Gasteiger partial charge in [-0.15, -0.1) is 0 Å². The Balaban J connectivity index is 2.00. The van der Waals surface area contributed by atoms with Crippen LogP contribution < -0.4 is 5.32 Å². The molecule has 4 heteroatoms. The van der Waals surface area contributed by atoms with Gasteiger partial charge in [-0.3, -0.25) is 4.40 Å². The number of imidazole rings is 1. The second-order valence-electron chi connectivity index (χ2n) is 5.06. The summed E-state index contributed by atoms with van der Waals surface area (Å²) in [4.78, 5) is 8.95. The molecule has 17 heavy (non-hydrogen) atoms. The second-order valence-corrected chi connectivity index (χ2v) is 5.06. The van der Waals surface area contributed by atoms with Gasteiger partial charge in [-0.05, 0) is 25.3 Å². The second kappa shape index (κ2) is 4.11. The largest absolute Gasteiger partial charge is 0.310 e. The Labute approximate surface area is 101 Å². The van der Waals surface area contributed by atoms with Crippen LogP contribution in [0.2, 0.25) is 0 Å². The molecule has 0 saturated carbocycles. The van der Waals surface area contributed by atoms with Crippen molar-refractivity contribution in [3.8, 4) is 0 Å². The molecule has 3 heterocycles. The Morgan fingerprint density at radius 3 is 3.00 bits per heavy atom. The molecular formula is C13H18N4. The van der Waals surface area contributed by atoms with Gasteiger partial charge in [0.2, 0.25) is 5.78 Å². The smallest absolute Gasteiger partial charge is 0.233 e. The summed E-state index contributed by atoms with van der Waals surface area (Å²) in [6.07, 6.45) is 8.66. The third-order valence-electron chi connectivity index (χ3n) is 3.40. The molecule has 0 bridgehead atoms. The van der Waals surface area contributed by atoms with Gasteiger partial charge in [0.1, 0.15) is 0 Å². The van der Waals surface area contributed by atoms with Gasteiger partial charge in [-0.25, -0.2) is 9.97 Å². The van der Waals surface area contributed by atoms with E-state index in [1.54, 1.807) is 0 Å². The summed E-state index contributed by atoms with van der Waals surface area (Å²) in [5.74, 6) is 1.25. The van der Waals surface area contributed by atoms with Crippen LogP contribution in [0.5, 0.6) is 0 Å². The molecule has 1 unspecified atom stereocenters. The van der Waals surface area contributed by atoms with Crippen LogP contribution in [0.25, 0.3) is 5.78 Å². The highest BCUT2D eigenvalue weighted by Crippen LogP contribution is 2.23. The van der Waals surface area contributed by atoms with E-state index in [1.165, 1.54) is 18.4 Å². The van der Waals surface area contributed by atoms with Gasteiger partial charge in [-0.1, -0.05) is 13.8 Å². The summed E-state index contributed by atoms with van der Waals surface area (Å²) in [7, 11) is 0. The zero-order valence-corrected chi connectivity index (χ0v) is 10.3. The lowest BCUT2D eigenvalue weighted by atomic mass is 10.1. The first kappa shape index (κ1) is 10.7. The molecule has 1 fully saturated rings. The number of nitrogens with zero attached hydrogens (tertiary/aromatic N) is 3. The number of hydrogen-bond acceptors (Lipinski definition) is 3. The molecule has 1 N–H and O–H groups in total. The highest BCUT2D eigenvalue weighted by atomic mass is 15.1. The van der Waals surface area contributed by atoms with Crippen LogP contribution in [0.3, 0.4) is 0 Å². The van der Waals surface area contributed by atoms with Crippen molar-refractivity contribution in [1.29, 1.82) is 0 Å². The first-order chi connectivity index (χ1) is 8.24. The lowest BCUT2D eigenvalue weighted by Gasteiger charge is -2.09. The van der Waals surface area contributed by atoms with Gasteiger partial charge in [0.25, 0.3) is 0 Å². The molecule has 0 aromatic carbocycles. The van der Waals surface area contributed by atoms with Crippen molar-refractivity contribution in [3.63, 3.8) is 0 Å².